The maximum Gasteiger partial charge on any atom is 0.148 e. The molecule has 0 amide bonds. The number of hydrogen-bond acceptors (Lipinski definition) is 6. The third-order valence-electron chi connectivity index (χ3n) is 4.17. The summed E-state index contributed by atoms with van der Waals surface area (Å²) in [7, 11) is 0. The second-order valence-electron chi connectivity index (χ2n) is 5.72. The molecule has 114 valence electrons. The smallest absolute Gasteiger partial charge is 0.148 e. The van der Waals surface area contributed by atoms with Crippen molar-refractivity contribution in [2.75, 3.05) is 23.7 Å². The van der Waals surface area contributed by atoms with E-state index in [-0.39, 0.29) is 0 Å². The van der Waals surface area contributed by atoms with Crippen LogP contribution in [0, 0.1) is 12.8 Å². The van der Waals surface area contributed by atoms with Crippen molar-refractivity contribution in [2.45, 2.75) is 39.5 Å². The third kappa shape index (κ3) is 3.06. The molecule has 0 radical (unpaired) electrons. The second-order valence-corrected chi connectivity index (χ2v) is 7.53. The van der Waals surface area contributed by atoms with Crippen LogP contribution in [0.15, 0.2) is 5.38 Å². The van der Waals surface area contributed by atoms with Crippen LogP contribution >= 0.6 is 22.9 Å². The van der Waals surface area contributed by atoms with Gasteiger partial charge in [0.1, 0.15) is 10.8 Å². The van der Waals surface area contributed by atoms with Crippen LogP contribution in [0.4, 0.5) is 10.8 Å². The van der Waals surface area contributed by atoms with Gasteiger partial charge in [0.2, 0.25) is 0 Å². The van der Waals surface area contributed by atoms with Crippen molar-refractivity contribution in [2.24, 2.45) is 5.92 Å². The molecule has 0 atom stereocenters. The SMILES string of the molecule is CCCC1CCN(c2snc(N)c2-c2csc(C)n2)CC1. The van der Waals surface area contributed by atoms with Crippen molar-refractivity contribution in [3.63, 3.8) is 0 Å². The molecule has 1 aliphatic rings. The molecule has 21 heavy (non-hydrogen) atoms. The molecule has 0 aromatic carbocycles. The molecule has 0 unspecified atom stereocenters. The lowest BCUT2D eigenvalue weighted by Crippen LogP contribution is -2.33. The first-order valence-electron chi connectivity index (χ1n) is 7.61. The largest absolute Gasteiger partial charge is 0.382 e. The number of thiazole rings is 1. The minimum absolute atomic E-state index is 0.621. The summed E-state index contributed by atoms with van der Waals surface area (Å²) in [4.78, 5) is 7.04. The third-order valence-corrected chi connectivity index (χ3v) is 5.87. The van der Waals surface area contributed by atoms with Crippen molar-refractivity contribution >= 4 is 33.7 Å². The zero-order chi connectivity index (χ0) is 14.8. The second kappa shape index (κ2) is 6.32. The highest BCUT2D eigenvalue weighted by Gasteiger charge is 2.25. The van der Waals surface area contributed by atoms with E-state index in [0.29, 0.717) is 5.82 Å². The lowest BCUT2D eigenvalue weighted by molar-refractivity contribution is 0.379. The Kier molecular flexibility index (Phi) is 4.45. The number of aromatic nitrogens is 2. The zero-order valence-electron chi connectivity index (χ0n) is 12.6. The summed E-state index contributed by atoms with van der Waals surface area (Å²) in [5.74, 6) is 1.51. The van der Waals surface area contributed by atoms with Gasteiger partial charge in [-0.1, -0.05) is 19.8 Å². The van der Waals surface area contributed by atoms with Crippen molar-refractivity contribution < 1.29 is 0 Å². The minimum Gasteiger partial charge on any atom is -0.382 e. The lowest BCUT2D eigenvalue weighted by Gasteiger charge is -2.32. The summed E-state index contributed by atoms with van der Waals surface area (Å²) in [6.07, 6.45) is 5.21. The number of anilines is 2. The zero-order valence-corrected chi connectivity index (χ0v) is 14.3. The molecule has 2 aromatic rings. The number of nitrogens with two attached hydrogens (primary N) is 1. The van der Waals surface area contributed by atoms with E-state index in [2.05, 4.69) is 26.6 Å². The summed E-state index contributed by atoms with van der Waals surface area (Å²) >= 11 is 3.18. The highest BCUT2D eigenvalue weighted by Crippen LogP contribution is 2.41. The van der Waals surface area contributed by atoms with E-state index < -0.39 is 0 Å². The fourth-order valence-corrected chi connectivity index (χ4v) is 4.54. The fraction of sp³-hybridized carbons (Fsp3) is 0.600. The Labute approximate surface area is 134 Å². The molecule has 6 heteroatoms. The Bertz CT molecular complexity index is 597. The standard InChI is InChI=1S/C15H22N4S2/c1-3-4-11-5-7-19(8-6-11)15-13(14(16)18-21-15)12-9-20-10(2)17-12/h9,11H,3-8H2,1-2H3,(H2,16,18). The molecule has 1 saturated heterocycles. The lowest BCUT2D eigenvalue weighted by atomic mass is 9.92. The van der Waals surface area contributed by atoms with Gasteiger partial charge in [0.15, 0.2) is 0 Å². The van der Waals surface area contributed by atoms with Gasteiger partial charge in [-0.05, 0) is 37.2 Å². The van der Waals surface area contributed by atoms with Gasteiger partial charge in [0.25, 0.3) is 0 Å². The van der Waals surface area contributed by atoms with E-state index in [1.165, 1.54) is 42.2 Å². The predicted molar refractivity (Wildman–Crippen MR) is 92.2 cm³/mol. The molecule has 1 aliphatic heterocycles. The van der Waals surface area contributed by atoms with Gasteiger partial charge in [-0.2, -0.15) is 4.37 Å². The van der Waals surface area contributed by atoms with Crippen LogP contribution < -0.4 is 10.6 Å². The van der Waals surface area contributed by atoms with E-state index in [1.54, 1.807) is 11.3 Å². The van der Waals surface area contributed by atoms with Crippen LogP contribution in [-0.4, -0.2) is 22.4 Å². The molecule has 2 N–H and O–H groups in total. The van der Waals surface area contributed by atoms with E-state index in [1.807, 2.05) is 6.92 Å². The van der Waals surface area contributed by atoms with Gasteiger partial charge in [-0.25, -0.2) is 4.98 Å². The average Bonchev–Trinajstić information content (AvgIpc) is 3.06. The molecule has 2 aromatic heterocycles. The summed E-state index contributed by atoms with van der Waals surface area (Å²) < 4.78 is 4.38. The van der Waals surface area contributed by atoms with Gasteiger partial charge in [-0.3, -0.25) is 0 Å². The molecule has 3 heterocycles. The average molecular weight is 323 g/mol. The monoisotopic (exact) mass is 322 g/mol. The number of hydrogen-bond donors (Lipinski definition) is 1. The van der Waals surface area contributed by atoms with Crippen LogP contribution in [0.1, 0.15) is 37.6 Å². The normalized spacial score (nSPS) is 16.6. The predicted octanol–water partition coefficient (Wildman–Crippen LogP) is 4.17. The van der Waals surface area contributed by atoms with Crippen LogP contribution in [0.25, 0.3) is 11.3 Å². The van der Waals surface area contributed by atoms with Gasteiger partial charge in [0.05, 0.1) is 16.3 Å². The minimum atomic E-state index is 0.621. The maximum absolute atomic E-state index is 6.10. The van der Waals surface area contributed by atoms with Crippen LogP contribution in [-0.2, 0) is 0 Å². The maximum atomic E-state index is 6.10. The molecule has 0 aliphatic carbocycles. The number of aryl methyl sites for hydroxylation is 1. The van der Waals surface area contributed by atoms with E-state index in [9.17, 15) is 0 Å². The first-order valence-corrected chi connectivity index (χ1v) is 9.27. The Hall–Kier alpha value is -1.14. The first kappa shape index (κ1) is 14.8. The van der Waals surface area contributed by atoms with E-state index in [0.717, 1.165) is 35.3 Å². The summed E-state index contributed by atoms with van der Waals surface area (Å²) in [6, 6.07) is 0. The summed E-state index contributed by atoms with van der Waals surface area (Å²) in [5.41, 5.74) is 8.12. The molecule has 4 nitrogen and oxygen atoms in total. The molecule has 1 fully saturated rings. The van der Waals surface area contributed by atoms with Crippen molar-refractivity contribution in [1.82, 2.24) is 9.36 Å². The molecular weight excluding hydrogens is 300 g/mol. The van der Waals surface area contributed by atoms with Crippen LogP contribution in [0.5, 0.6) is 0 Å². The molecular formula is C15H22N4S2. The Balaban J connectivity index is 1.81. The number of rotatable bonds is 4. The topological polar surface area (TPSA) is 55.0 Å². The van der Waals surface area contributed by atoms with Gasteiger partial charge < -0.3 is 10.6 Å². The van der Waals surface area contributed by atoms with E-state index in [4.69, 9.17) is 5.73 Å². The van der Waals surface area contributed by atoms with E-state index >= 15 is 0 Å². The quantitative estimate of drug-likeness (QED) is 0.917. The molecule has 0 bridgehead atoms. The Morgan fingerprint density at radius 2 is 2.14 bits per heavy atom. The van der Waals surface area contributed by atoms with Crippen molar-refractivity contribution in [3.05, 3.63) is 10.4 Å². The Morgan fingerprint density at radius 3 is 2.76 bits per heavy atom. The number of nitrogen functional groups attached to an aromatic ring is 1. The van der Waals surface area contributed by atoms with Crippen molar-refractivity contribution in [1.29, 1.82) is 0 Å². The Morgan fingerprint density at radius 1 is 1.38 bits per heavy atom. The van der Waals surface area contributed by atoms with Gasteiger partial charge in [0, 0.05) is 18.5 Å². The highest BCUT2D eigenvalue weighted by molar-refractivity contribution is 7.11. The summed E-state index contributed by atoms with van der Waals surface area (Å²) in [6.45, 7) is 6.53. The van der Waals surface area contributed by atoms with Crippen LogP contribution in [0.2, 0.25) is 0 Å². The molecule has 3 rings (SSSR count). The first-order chi connectivity index (χ1) is 10.2. The van der Waals surface area contributed by atoms with Crippen LogP contribution in [0.3, 0.4) is 0 Å². The molecule has 0 spiro atoms. The summed E-state index contributed by atoms with van der Waals surface area (Å²) in [5, 5.41) is 4.36. The fourth-order valence-electron chi connectivity index (χ4n) is 3.06. The number of piperidine rings is 1. The van der Waals surface area contributed by atoms with Gasteiger partial charge in [-0.15, -0.1) is 11.3 Å². The number of nitrogens with zero attached hydrogens (tertiary/aromatic N) is 3. The van der Waals surface area contributed by atoms with Gasteiger partial charge >= 0.3 is 0 Å². The molecule has 0 saturated carbocycles. The highest BCUT2D eigenvalue weighted by atomic mass is 32.1. The van der Waals surface area contributed by atoms with Crippen molar-refractivity contribution in [3.8, 4) is 11.3 Å².